The molecule has 1 aromatic heterocycles. The predicted octanol–water partition coefficient (Wildman–Crippen LogP) is 2.42. The van der Waals surface area contributed by atoms with E-state index < -0.39 is 0 Å². The summed E-state index contributed by atoms with van der Waals surface area (Å²) in [4.78, 5) is 3.99. The first-order valence-corrected chi connectivity index (χ1v) is 5.40. The first-order valence-electron chi connectivity index (χ1n) is 5.40. The molecule has 14 heavy (non-hydrogen) atoms. The average molecular weight is 196 g/mol. The average Bonchev–Trinajstić information content (AvgIpc) is 2.59. The van der Waals surface area contributed by atoms with Crippen LogP contribution in [-0.2, 0) is 7.05 Å². The van der Waals surface area contributed by atoms with Gasteiger partial charge in [-0.2, -0.15) is 0 Å². The van der Waals surface area contributed by atoms with E-state index in [0.29, 0.717) is 0 Å². The molecule has 1 aromatic rings. The van der Waals surface area contributed by atoms with E-state index in [-0.39, 0.29) is 6.10 Å². The Hall–Kier alpha value is -0.830. The highest BCUT2D eigenvalue weighted by molar-refractivity contribution is 5.01. The van der Waals surface area contributed by atoms with E-state index in [9.17, 15) is 5.11 Å². The summed E-state index contributed by atoms with van der Waals surface area (Å²) in [6.45, 7) is 2.19. The van der Waals surface area contributed by atoms with Crippen LogP contribution in [0.3, 0.4) is 0 Å². The molecule has 1 rings (SSSR count). The molecule has 0 saturated carbocycles. The quantitative estimate of drug-likeness (QED) is 0.709. The van der Waals surface area contributed by atoms with Crippen molar-refractivity contribution in [3.63, 3.8) is 0 Å². The van der Waals surface area contributed by atoms with Crippen LogP contribution in [0.5, 0.6) is 0 Å². The van der Waals surface area contributed by atoms with E-state index in [4.69, 9.17) is 0 Å². The van der Waals surface area contributed by atoms with Gasteiger partial charge in [0.15, 0.2) is 0 Å². The Morgan fingerprint density at radius 1 is 1.43 bits per heavy atom. The number of hydrogen-bond acceptors (Lipinski definition) is 2. The second-order valence-corrected chi connectivity index (χ2v) is 3.79. The van der Waals surface area contributed by atoms with Crippen LogP contribution in [-0.4, -0.2) is 14.7 Å². The number of aliphatic hydroxyl groups excluding tert-OH is 1. The van der Waals surface area contributed by atoms with Crippen LogP contribution in [0.25, 0.3) is 0 Å². The van der Waals surface area contributed by atoms with E-state index in [1.165, 1.54) is 19.3 Å². The minimum absolute atomic E-state index is 0.348. The predicted molar refractivity (Wildman–Crippen MR) is 56.9 cm³/mol. The SMILES string of the molecule is CCCCCCC(O)c1cncn1C. The first kappa shape index (κ1) is 11.2. The lowest BCUT2D eigenvalue weighted by molar-refractivity contribution is 0.155. The van der Waals surface area contributed by atoms with Gasteiger partial charge in [0.2, 0.25) is 0 Å². The van der Waals surface area contributed by atoms with Crippen LogP contribution >= 0.6 is 0 Å². The number of nitrogens with zero attached hydrogens (tertiary/aromatic N) is 2. The standard InChI is InChI=1S/C11H20N2O/c1-3-4-5-6-7-11(14)10-8-12-9-13(10)2/h8-9,11,14H,3-7H2,1-2H3. The third-order valence-corrected chi connectivity index (χ3v) is 2.53. The molecular weight excluding hydrogens is 176 g/mol. The number of aromatic nitrogens is 2. The fraction of sp³-hybridized carbons (Fsp3) is 0.727. The zero-order valence-electron chi connectivity index (χ0n) is 9.11. The van der Waals surface area contributed by atoms with E-state index in [1.54, 1.807) is 12.5 Å². The van der Waals surface area contributed by atoms with Gasteiger partial charge in [-0.05, 0) is 6.42 Å². The number of hydrogen-bond donors (Lipinski definition) is 1. The van der Waals surface area contributed by atoms with Crippen LogP contribution in [0.2, 0.25) is 0 Å². The van der Waals surface area contributed by atoms with Gasteiger partial charge < -0.3 is 9.67 Å². The Morgan fingerprint density at radius 3 is 2.79 bits per heavy atom. The number of imidazole rings is 1. The van der Waals surface area contributed by atoms with Crippen molar-refractivity contribution >= 4 is 0 Å². The summed E-state index contributed by atoms with van der Waals surface area (Å²) in [7, 11) is 1.91. The van der Waals surface area contributed by atoms with Crippen molar-refractivity contribution in [2.75, 3.05) is 0 Å². The summed E-state index contributed by atoms with van der Waals surface area (Å²) in [5.74, 6) is 0. The molecule has 3 heteroatoms. The normalized spacial score (nSPS) is 13.1. The highest BCUT2D eigenvalue weighted by atomic mass is 16.3. The lowest BCUT2D eigenvalue weighted by Gasteiger charge is -2.10. The van der Waals surface area contributed by atoms with Crippen LogP contribution in [0, 0.1) is 0 Å². The van der Waals surface area contributed by atoms with Crippen molar-refractivity contribution < 1.29 is 5.11 Å². The fourth-order valence-corrected chi connectivity index (χ4v) is 1.60. The molecule has 3 nitrogen and oxygen atoms in total. The Bertz CT molecular complexity index is 258. The summed E-state index contributed by atoms with van der Waals surface area (Å²) < 4.78 is 1.88. The molecule has 80 valence electrons. The van der Waals surface area contributed by atoms with Crippen molar-refractivity contribution in [3.05, 3.63) is 18.2 Å². The molecular formula is C11H20N2O. The van der Waals surface area contributed by atoms with E-state index in [0.717, 1.165) is 18.5 Å². The molecule has 0 fully saturated rings. The lowest BCUT2D eigenvalue weighted by atomic mass is 10.1. The van der Waals surface area contributed by atoms with Crippen molar-refractivity contribution in [3.8, 4) is 0 Å². The van der Waals surface area contributed by atoms with Crippen LogP contribution in [0.15, 0.2) is 12.5 Å². The van der Waals surface area contributed by atoms with Gasteiger partial charge in [0, 0.05) is 7.05 Å². The molecule has 1 heterocycles. The molecule has 0 amide bonds. The Labute approximate surface area is 85.8 Å². The van der Waals surface area contributed by atoms with Gasteiger partial charge in [-0.1, -0.05) is 32.6 Å². The summed E-state index contributed by atoms with van der Waals surface area (Å²) in [6.07, 6.45) is 8.78. The maximum Gasteiger partial charge on any atom is 0.0955 e. The van der Waals surface area contributed by atoms with Gasteiger partial charge in [-0.25, -0.2) is 4.98 Å². The number of unbranched alkanes of at least 4 members (excludes halogenated alkanes) is 3. The van der Waals surface area contributed by atoms with Crippen LogP contribution in [0.4, 0.5) is 0 Å². The summed E-state index contributed by atoms with van der Waals surface area (Å²) in [5.41, 5.74) is 0.918. The Morgan fingerprint density at radius 2 is 2.21 bits per heavy atom. The maximum atomic E-state index is 9.83. The molecule has 0 spiro atoms. The molecule has 0 saturated heterocycles. The van der Waals surface area contributed by atoms with Gasteiger partial charge in [-0.15, -0.1) is 0 Å². The molecule has 0 aliphatic heterocycles. The van der Waals surface area contributed by atoms with Gasteiger partial charge in [0.05, 0.1) is 24.3 Å². The van der Waals surface area contributed by atoms with E-state index >= 15 is 0 Å². The zero-order valence-corrected chi connectivity index (χ0v) is 9.11. The third kappa shape index (κ3) is 3.14. The number of aliphatic hydroxyl groups is 1. The molecule has 0 aliphatic rings. The number of rotatable bonds is 6. The van der Waals surface area contributed by atoms with Crippen molar-refractivity contribution in [1.82, 2.24) is 9.55 Å². The van der Waals surface area contributed by atoms with Crippen LogP contribution in [0.1, 0.15) is 50.8 Å². The second kappa shape index (κ2) is 5.81. The highest BCUT2D eigenvalue weighted by Crippen LogP contribution is 2.18. The molecule has 0 aromatic carbocycles. The van der Waals surface area contributed by atoms with E-state index in [1.807, 2.05) is 11.6 Å². The van der Waals surface area contributed by atoms with Crippen molar-refractivity contribution in [2.24, 2.45) is 7.05 Å². The van der Waals surface area contributed by atoms with Crippen molar-refractivity contribution in [2.45, 2.75) is 45.1 Å². The summed E-state index contributed by atoms with van der Waals surface area (Å²) >= 11 is 0. The van der Waals surface area contributed by atoms with E-state index in [2.05, 4.69) is 11.9 Å². The summed E-state index contributed by atoms with van der Waals surface area (Å²) in [5, 5.41) is 9.83. The minimum Gasteiger partial charge on any atom is -0.387 e. The Balaban J connectivity index is 2.28. The largest absolute Gasteiger partial charge is 0.387 e. The minimum atomic E-state index is -0.348. The number of aryl methyl sites for hydroxylation is 1. The maximum absolute atomic E-state index is 9.83. The van der Waals surface area contributed by atoms with Gasteiger partial charge >= 0.3 is 0 Å². The molecule has 0 bridgehead atoms. The zero-order chi connectivity index (χ0) is 10.4. The fourth-order valence-electron chi connectivity index (χ4n) is 1.60. The van der Waals surface area contributed by atoms with Gasteiger partial charge in [0.1, 0.15) is 0 Å². The molecule has 0 radical (unpaired) electrons. The van der Waals surface area contributed by atoms with Crippen LogP contribution < -0.4 is 0 Å². The lowest BCUT2D eigenvalue weighted by Crippen LogP contribution is -2.03. The molecule has 0 aliphatic carbocycles. The smallest absolute Gasteiger partial charge is 0.0955 e. The monoisotopic (exact) mass is 196 g/mol. The van der Waals surface area contributed by atoms with Gasteiger partial charge in [-0.3, -0.25) is 0 Å². The third-order valence-electron chi connectivity index (χ3n) is 2.53. The van der Waals surface area contributed by atoms with Crippen molar-refractivity contribution in [1.29, 1.82) is 0 Å². The first-order chi connectivity index (χ1) is 6.75. The molecule has 1 unspecified atom stereocenters. The highest BCUT2D eigenvalue weighted by Gasteiger charge is 2.09. The Kier molecular flexibility index (Phi) is 4.66. The summed E-state index contributed by atoms with van der Waals surface area (Å²) in [6, 6.07) is 0. The second-order valence-electron chi connectivity index (χ2n) is 3.79. The molecule has 1 atom stereocenters. The molecule has 1 N–H and O–H groups in total. The van der Waals surface area contributed by atoms with Gasteiger partial charge in [0.25, 0.3) is 0 Å². The topological polar surface area (TPSA) is 38.1 Å².